The first-order chi connectivity index (χ1) is 10.1. The van der Waals surface area contributed by atoms with Gasteiger partial charge in [-0.1, -0.05) is 26.2 Å². The van der Waals surface area contributed by atoms with E-state index in [0.717, 1.165) is 12.8 Å². The number of sulfonamides is 1. The van der Waals surface area contributed by atoms with Gasteiger partial charge in [0.1, 0.15) is 5.82 Å². The molecule has 0 bridgehead atoms. The van der Waals surface area contributed by atoms with Crippen molar-refractivity contribution in [2.75, 3.05) is 13.2 Å². The van der Waals surface area contributed by atoms with Crippen molar-refractivity contribution in [3.05, 3.63) is 12.0 Å². The second kappa shape index (κ2) is 7.91. The molecule has 0 spiro atoms. The lowest BCUT2D eigenvalue weighted by Crippen LogP contribution is -2.26. The predicted octanol–water partition coefficient (Wildman–Crippen LogP) is 1.99. The fourth-order valence-corrected chi connectivity index (χ4v) is 3.51. The number of nitrogens with zero attached hydrogens (tertiary/aromatic N) is 1. The Labute approximate surface area is 126 Å². The van der Waals surface area contributed by atoms with Crippen LogP contribution >= 0.6 is 0 Å². The molecule has 1 aromatic rings. The molecule has 0 radical (unpaired) electrons. The third-order valence-electron chi connectivity index (χ3n) is 3.75. The summed E-state index contributed by atoms with van der Waals surface area (Å²) >= 11 is 0. The van der Waals surface area contributed by atoms with Gasteiger partial charge >= 0.3 is 0 Å². The molecular weight excluding hydrogens is 290 g/mol. The van der Waals surface area contributed by atoms with Crippen LogP contribution in [-0.4, -0.2) is 37.6 Å². The molecule has 0 aromatic carbocycles. The minimum atomic E-state index is -3.48. The Morgan fingerprint density at radius 2 is 2.14 bits per heavy atom. The second-order valence-electron chi connectivity index (χ2n) is 5.43. The van der Waals surface area contributed by atoms with Gasteiger partial charge in [0.05, 0.1) is 12.3 Å². The first kappa shape index (κ1) is 16.5. The largest absolute Gasteiger partial charge is 0.378 e. The number of hydrogen-bond donors (Lipinski definition) is 2. The molecule has 6 nitrogen and oxygen atoms in total. The average molecular weight is 315 g/mol. The van der Waals surface area contributed by atoms with Crippen LogP contribution in [0.2, 0.25) is 0 Å². The SMILES string of the molecule is CCc1ncc(S(=O)(=O)NCCCOC2CCCCC2)[nH]1. The van der Waals surface area contributed by atoms with Crippen LogP contribution in [0.4, 0.5) is 0 Å². The van der Waals surface area contributed by atoms with Crippen LogP contribution < -0.4 is 4.72 Å². The Bertz CT molecular complexity index is 521. The maximum Gasteiger partial charge on any atom is 0.257 e. The first-order valence-corrected chi connectivity index (χ1v) is 9.25. The van der Waals surface area contributed by atoms with Gasteiger partial charge in [-0.2, -0.15) is 0 Å². The molecule has 1 aliphatic carbocycles. The maximum atomic E-state index is 12.0. The number of aryl methyl sites for hydroxylation is 1. The normalized spacial score (nSPS) is 17.2. The highest BCUT2D eigenvalue weighted by molar-refractivity contribution is 7.89. The molecule has 1 fully saturated rings. The molecule has 1 aliphatic rings. The van der Waals surface area contributed by atoms with Crippen molar-refractivity contribution in [3.63, 3.8) is 0 Å². The standard InChI is InChI=1S/C14H25N3O3S/c1-2-13-15-11-14(17-13)21(18,19)16-9-6-10-20-12-7-4-3-5-8-12/h11-12,16H,2-10H2,1H3,(H,15,17). The number of H-pyrrole nitrogens is 1. The summed E-state index contributed by atoms with van der Waals surface area (Å²) in [6.07, 6.45) is 9.18. The highest BCUT2D eigenvalue weighted by atomic mass is 32.2. The molecule has 2 N–H and O–H groups in total. The molecule has 0 aliphatic heterocycles. The molecule has 1 aromatic heterocycles. The van der Waals surface area contributed by atoms with E-state index in [0.29, 0.717) is 37.9 Å². The minimum absolute atomic E-state index is 0.132. The van der Waals surface area contributed by atoms with Crippen LogP contribution in [0.1, 0.15) is 51.3 Å². The average Bonchev–Trinajstić information content (AvgIpc) is 2.98. The van der Waals surface area contributed by atoms with Crippen LogP contribution in [-0.2, 0) is 21.2 Å². The Kier molecular flexibility index (Phi) is 6.20. The van der Waals surface area contributed by atoms with Gasteiger partial charge < -0.3 is 9.72 Å². The van der Waals surface area contributed by atoms with Crippen molar-refractivity contribution in [2.45, 2.75) is 63.0 Å². The number of nitrogens with one attached hydrogen (secondary N) is 2. The van der Waals surface area contributed by atoms with Crippen LogP contribution in [0, 0.1) is 0 Å². The van der Waals surface area contributed by atoms with Gasteiger partial charge in [0.25, 0.3) is 10.0 Å². The van der Waals surface area contributed by atoms with E-state index in [1.165, 1.54) is 25.5 Å². The minimum Gasteiger partial charge on any atom is -0.378 e. The Morgan fingerprint density at radius 1 is 1.38 bits per heavy atom. The molecule has 120 valence electrons. The second-order valence-corrected chi connectivity index (χ2v) is 7.17. The van der Waals surface area contributed by atoms with Gasteiger partial charge in [-0.05, 0) is 19.3 Å². The molecule has 21 heavy (non-hydrogen) atoms. The number of aromatic nitrogens is 2. The number of ether oxygens (including phenoxy) is 1. The molecule has 0 amide bonds. The van der Waals surface area contributed by atoms with Gasteiger partial charge in [-0.25, -0.2) is 18.1 Å². The van der Waals surface area contributed by atoms with Gasteiger partial charge in [0.15, 0.2) is 5.03 Å². The summed E-state index contributed by atoms with van der Waals surface area (Å²) in [7, 11) is -3.48. The van der Waals surface area contributed by atoms with E-state index in [2.05, 4.69) is 14.7 Å². The third-order valence-corrected chi connectivity index (χ3v) is 5.12. The zero-order chi connectivity index (χ0) is 15.1. The van der Waals surface area contributed by atoms with E-state index in [9.17, 15) is 8.42 Å². The summed E-state index contributed by atoms with van der Waals surface area (Å²) in [6, 6.07) is 0. The van der Waals surface area contributed by atoms with Crippen molar-refractivity contribution in [3.8, 4) is 0 Å². The highest BCUT2D eigenvalue weighted by Crippen LogP contribution is 2.20. The molecule has 2 rings (SSSR count). The summed E-state index contributed by atoms with van der Waals surface area (Å²) in [5.41, 5.74) is 0. The quantitative estimate of drug-likeness (QED) is 0.719. The van der Waals surface area contributed by atoms with Gasteiger partial charge in [-0.3, -0.25) is 0 Å². The summed E-state index contributed by atoms with van der Waals surface area (Å²) in [4.78, 5) is 6.81. The van der Waals surface area contributed by atoms with E-state index < -0.39 is 10.0 Å². The molecular formula is C14H25N3O3S. The number of imidazole rings is 1. The van der Waals surface area contributed by atoms with Crippen molar-refractivity contribution >= 4 is 10.0 Å². The number of hydrogen-bond acceptors (Lipinski definition) is 4. The van der Waals surface area contributed by atoms with Crippen molar-refractivity contribution in [1.29, 1.82) is 0 Å². The summed E-state index contributed by atoms with van der Waals surface area (Å²) in [5.74, 6) is 0.677. The van der Waals surface area contributed by atoms with E-state index >= 15 is 0 Å². The molecule has 1 saturated carbocycles. The van der Waals surface area contributed by atoms with E-state index in [1.807, 2.05) is 6.92 Å². The smallest absolute Gasteiger partial charge is 0.257 e. The Hall–Kier alpha value is -0.920. The lowest BCUT2D eigenvalue weighted by molar-refractivity contribution is 0.0278. The van der Waals surface area contributed by atoms with Crippen LogP contribution in [0.15, 0.2) is 11.2 Å². The van der Waals surface area contributed by atoms with Crippen molar-refractivity contribution in [2.24, 2.45) is 0 Å². The van der Waals surface area contributed by atoms with Crippen molar-refractivity contribution in [1.82, 2.24) is 14.7 Å². The summed E-state index contributed by atoms with van der Waals surface area (Å²) in [6.45, 7) is 2.91. The molecule has 0 atom stereocenters. The van der Waals surface area contributed by atoms with Crippen LogP contribution in [0.5, 0.6) is 0 Å². The number of aromatic amines is 1. The molecule has 1 heterocycles. The lowest BCUT2D eigenvalue weighted by Gasteiger charge is -2.21. The third kappa shape index (κ3) is 5.09. The van der Waals surface area contributed by atoms with Gasteiger partial charge in [0, 0.05) is 19.6 Å². The maximum absolute atomic E-state index is 12.0. The predicted molar refractivity (Wildman–Crippen MR) is 80.6 cm³/mol. The molecule has 0 saturated heterocycles. The summed E-state index contributed by atoms with van der Waals surface area (Å²) < 4.78 is 32.3. The molecule has 0 unspecified atom stereocenters. The topological polar surface area (TPSA) is 84.1 Å². The van der Waals surface area contributed by atoms with Gasteiger partial charge in [0.2, 0.25) is 0 Å². The zero-order valence-corrected chi connectivity index (χ0v) is 13.4. The fourth-order valence-electron chi connectivity index (χ4n) is 2.50. The lowest BCUT2D eigenvalue weighted by atomic mass is 9.98. The molecule has 7 heteroatoms. The van der Waals surface area contributed by atoms with E-state index in [-0.39, 0.29) is 5.03 Å². The van der Waals surface area contributed by atoms with Crippen LogP contribution in [0.25, 0.3) is 0 Å². The van der Waals surface area contributed by atoms with E-state index in [4.69, 9.17) is 4.74 Å². The Balaban J connectivity index is 1.67. The van der Waals surface area contributed by atoms with E-state index in [1.54, 1.807) is 0 Å². The highest BCUT2D eigenvalue weighted by Gasteiger charge is 2.17. The Morgan fingerprint density at radius 3 is 2.81 bits per heavy atom. The number of rotatable bonds is 8. The first-order valence-electron chi connectivity index (χ1n) is 7.77. The fraction of sp³-hybridized carbons (Fsp3) is 0.786. The zero-order valence-electron chi connectivity index (χ0n) is 12.6. The van der Waals surface area contributed by atoms with Crippen molar-refractivity contribution < 1.29 is 13.2 Å². The monoisotopic (exact) mass is 315 g/mol. The van der Waals surface area contributed by atoms with Gasteiger partial charge in [-0.15, -0.1) is 0 Å². The van der Waals surface area contributed by atoms with Crippen LogP contribution in [0.3, 0.4) is 0 Å². The summed E-state index contributed by atoms with van der Waals surface area (Å²) in [5, 5.41) is 0.132.